The van der Waals surface area contributed by atoms with Crippen molar-refractivity contribution in [3.05, 3.63) is 0 Å². The summed E-state index contributed by atoms with van der Waals surface area (Å²) in [6.45, 7) is 7.27. The second kappa shape index (κ2) is 6.00. The monoisotopic (exact) mass is 270 g/mol. The lowest BCUT2D eigenvalue weighted by molar-refractivity contribution is -0.135. The van der Waals surface area contributed by atoms with E-state index in [0.29, 0.717) is 16.9 Å². The van der Waals surface area contributed by atoms with Gasteiger partial charge in [-0.1, -0.05) is 33.0 Å². The number of likely N-dealkylation sites (N-methyl/N-ethyl adjacent to an activating group) is 1. The van der Waals surface area contributed by atoms with Crippen molar-refractivity contribution in [1.29, 1.82) is 0 Å². The molecule has 1 aliphatic carbocycles. The van der Waals surface area contributed by atoms with E-state index in [9.17, 15) is 4.79 Å². The standard InChI is InChI=1S/C14H26N2OS/c1-14(2,3)11-7-5-10(6-8-11)13(17)16(4)9-12(15)18/h10-11H,5-9H2,1-4H3,(H2,15,18). The molecule has 0 aromatic carbocycles. The summed E-state index contributed by atoms with van der Waals surface area (Å²) in [7, 11) is 1.79. The Bertz CT molecular complexity index is 314. The van der Waals surface area contributed by atoms with Crippen molar-refractivity contribution < 1.29 is 4.79 Å². The first-order valence-corrected chi connectivity index (χ1v) is 7.16. The maximum atomic E-state index is 12.2. The minimum absolute atomic E-state index is 0.169. The Morgan fingerprint density at radius 1 is 1.28 bits per heavy atom. The summed E-state index contributed by atoms with van der Waals surface area (Å²) in [5.41, 5.74) is 5.84. The molecule has 18 heavy (non-hydrogen) atoms. The predicted molar refractivity (Wildman–Crippen MR) is 79.3 cm³/mol. The molecule has 1 rings (SSSR count). The van der Waals surface area contributed by atoms with Crippen molar-refractivity contribution in [2.75, 3.05) is 13.6 Å². The van der Waals surface area contributed by atoms with Crippen molar-refractivity contribution in [3.8, 4) is 0 Å². The van der Waals surface area contributed by atoms with Gasteiger partial charge in [-0.25, -0.2) is 0 Å². The summed E-state index contributed by atoms with van der Waals surface area (Å²) < 4.78 is 0. The highest BCUT2D eigenvalue weighted by atomic mass is 32.1. The Balaban J connectivity index is 2.48. The second-order valence-corrected chi connectivity index (χ2v) is 7.10. The first-order chi connectivity index (χ1) is 8.21. The minimum Gasteiger partial charge on any atom is -0.392 e. The van der Waals surface area contributed by atoms with E-state index in [1.807, 2.05) is 0 Å². The van der Waals surface area contributed by atoms with Crippen LogP contribution in [0.2, 0.25) is 0 Å². The van der Waals surface area contributed by atoms with Crippen molar-refractivity contribution >= 4 is 23.1 Å². The Morgan fingerprint density at radius 3 is 2.17 bits per heavy atom. The molecule has 0 bridgehead atoms. The molecule has 1 aliphatic rings. The number of nitrogens with zero attached hydrogens (tertiary/aromatic N) is 1. The molecule has 104 valence electrons. The number of thiocarbonyl (C=S) groups is 1. The van der Waals surface area contributed by atoms with Crippen molar-refractivity contribution in [1.82, 2.24) is 4.90 Å². The third-order valence-electron chi connectivity index (χ3n) is 4.07. The van der Waals surface area contributed by atoms with Crippen LogP contribution >= 0.6 is 12.2 Å². The van der Waals surface area contributed by atoms with E-state index in [2.05, 4.69) is 20.8 Å². The van der Waals surface area contributed by atoms with Crippen LogP contribution in [0.1, 0.15) is 46.5 Å². The first kappa shape index (κ1) is 15.4. The van der Waals surface area contributed by atoms with Gasteiger partial charge in [-0.3, -0.25) is 4.79 Å². The molecular formula is C14H26N2OS. The van der Waals surface area contributed by atoms with Crippen LogP contribution in [0, 0.1) is 17.3 Å². The van der Waals surface area contributed by atoms with Crippen molar-refractivity contribution in [2.24, 2.45) is 23.0 Å². The van der Waals surface area contributed by atoms with Crippen molar-refractivity contribution in [3.63, 3.8) is 0 Å². The zero-order valence-electron chi connectivity index (χ0n) is 12.0. The van der Waals surface area contributed by atoms with Gasteiger partial charge >= 0.3 is 0 Å². The van der Waals surface area contributed by atoms with Crippen LogP contribution in [0.4, 0.5) is 0 Å². The molecule has 1 amide bonds. The third kappa shape index (κ3) is 4.23. The fourth-order valence-electron chi connectivity index (χ4n) is 2.83. The summed E-state index contributed by atoms with van der Waals surface area (Å²) in [6, 6.07) is 0. The molecule has 0 aliphatic heterocycles. The van der Waals surface area contributed by atoms with E-state index in [0.717, 1.165) is 31.6 Å². The maximum absolute atomic E-state index is 12.2. The highest BCUT2D eigenvalue weighted by Gasteiger charge is 2.33. The zero-order valence-corrected chi connectivity index (χ0v) is 12.8. The van der Waals surface area contributed by atoms with Crippen LogP contribution in [0.5, 0.6) is 0 Å². The van der Waals surface area contributed by atoms with Gasteiger partial charge in [0.25, 0.3) is 0 Å². The number of hydrogen-bond acceptors (Lipinski definition) is 2. The predicted octanol–water partition coefficient (Wildman–Crippen LogP) is 2.58. The lowest BCUT2D eigenvalue weighted by Gasteiger charge is -2.37. The van der Waals surface area contributed by atoms with E-state index < -0.39 is 0 Å². The largest absolute Gasteiger partial charge is 0.392 e. The zero-order chi connectivity index (χ0) is 13.9. The summed E-state index contributed by atoms with van der Waals surface area (Å²) in [5.74, 6) is 1.11. The van der Waals surface area contributed by atoms with E-state index in [1.54, 1.807) is 11.9 Å². The SMILES string of the molecule is CN(CC(N)=S)C(=O)C1CCC(C(C)(C)C)CC1. The van der Waals surface area contributed by atoms with E-state index >= 15 is 0 Å². The fraction of sp³-hybridized carbons (Fsp3) is 0.857. The van der Waals surface area contributed by atoms with Gasteiger partial charge in [-0.05, 0) is 37.0 Å². The molecule has 0 heterocycles. The topological polar surface area (TPSA) is 46.3 Å². The van der Waals surface area contributed by atoms with Crippen LogP contribution in [-0.4, -0.2) is 29.4 Å². The number of hydrogen-bond donors (Lipinski definition) is 1. The van der Waals surface area contributed by atoms with Gasteiger partial charge in [0.1, 0.15) is 0 Å². The van der Waals surface area contributed by atoms with Crippen LogP contribution in [0.3, 0.4) is 0 Å². The molecule has 3 nitrogen and oxygen atoms in total. The van der Waals surface area contributed by atoms with Gasteiger partial charge in [0.15, 0.2) is 0 Å². The molecule has 0 atom stereocenters. The van der Waals surface area contributed by atoms with Crippen LogP contribution < -0.4 is 5.73 Å². The van der Waals surface area contributed by atoms with E-state index in [-0.39, 0.29) is 11.8 Å². The van der Waals surface area contributed by atoms with Gasteiger partial charge in [0.05, 0.1) is 11.5 Å². The lowest BCUT2D eigenvalue weighted by Crippen LogP contribution is -2.40. The molecule has 2 N–H and O–H groups in total. The molecule has 0 unspecified atom stereocenters. The lowest BCUT2D eigenvalue weighted by atomic mass is 9.69. The second-order valence-electron chi connectivity index (χ2n) is 6.58. The Kier molecular flexibility index (Phi) is 5.14. The average molecular weight is 270 g/mol. The minimum atomic E-state index is 0.169. The maximum Gasteiger partial charge on any atom is 0.225 e. The molecule has 1 saturated carbocycles. The number of amides is 1. The molecule has 0 spiro atoms. The average Bonchev–Trinajstić information content (AvgIpc) is 2.26. The number of nitrogens with two attached hydrogens (primary N) is 1. The summed E-state index contributed by atoms with van der Waals surface area (Å²) in [4.78, 5) is 14.3. The fourth-order valence-corrected chi connectivity index (χ4v) is 3.02. The summed E-state index contributed by atoms with van der Waals surface area (Å²) in [6.07, 6.45) is 4.31. The van der Waals surface area contributed by atoms with Gasteiger partial charge in [-0.15, -0.1) is 0 Å². The van der Waals surface area contributed by atoms with Gasteiger partial charge in [0.2, 0.25) is 5.91 Å². The summed E-state index contributed by atoms with van der Waals surface area (Å²) >= 11 is 4.84. The molecule has 0 aromatic heterocycles. The van der Waals surface area contributed by atoms with Gasteiger partial charge in [0, 0.05) is 13.0 Å². The molecular weight excluding hydrogens is 244 g/mol. The highest BCUT2D eigenvalue weighted by Crippen LogP contribution is 2.40. The van der Waals surface area contributed by atoms with E-state index in [4.69, 9.17) is 18.0 Å². The summed E-state index contributed by atoms with van der Waals surface area (Å²) in [5, 5.41) is 0. The quantitative estimate of drug-likeness (QED) is 0.802. The number of rotatable bonds is 3. The van der Waals surface area contributed by atoms with E-state index in [1.165, 1.54) is 0 Å². The Morgan fingerprint density at radius 2 is 1.78 bits per heavy atom. The van der Waals surface area contributed by atoms with Crippen LogP contribution in [0.15, 0.2) is 0 Å². The molecule has 1 fully saturated rings. The highest BCUT2D eigenvalue weighted by molar-refractivity contribution is 7.80. The molecule has 0 saturated heterocycles. The number of carbonyl (C=O) groups is 1. The smallest absolute Gasteiger partial charge is 0.225 e. The third-order valence-corrected chi connectivity index (χ3v) is 4.20. The number of carbonyl (C=O) groups excluding carboxylic acids is 1. The molecule has 4 heteroatoms. The van der Waals surface area contributed by atoms with Gasteiger partial charge in [-0.2, -0.15) is 0 Å². The van der Waals surface area contributed by atoms with Gasteiger partial charge < -0.3 is 10.6 Å². The Labute approximate surface area is 116 Å². The first-order valence-electron chi connectivity index (χ1n) is 6.75. The Hall–Kier alpha value is -0.640. The normalized spacial score (nSPS) is 24.7. The van der Waals surface area contributed by atoms with Crippen molar-refractivity contribution in [2.45, 2.75) is 46.5 Å². The molecule has 0 radical (unpaired) electrons. The molecule has 0 aromatic rings. The van der Waals surface area contributed by atoms with Crippen LogP contribution in [0.25, 0.3) is 0 Å². The van der Waals surface area contributed by atoms with Crippen LogP contribution in [-0.2, 0) is 4.79 Å².